The first-order valence-electron chi connectivity index (χ1n) is 12.4. The topological polar surface area (TPSA) is 55.9 Å². The minimum atomic E-state index is 0.0412. The zero-order valence-electron chi connectivity index (χ0n) is 19.8. The molecule has 0 radical (unpaired) electrons. The van der Waals surface area contributed by atoms with Gasteiger partial charge in [-0.3, -0.25) is 4.79 Å². The molecule has 2 saturated heterocycles. The molecule has 7 heteroatoms. The fourth-order valence-electron chi connectivity index (χ4n) is 5.95. The molecule has 2 fully saturated rings. The maximum absolute atomic E-state index is 13.0. The van der Waals surface area contributed by atoms with Crippen LogP contribution in [0.5, 0.6) is 0 Å². The molecule has 0 unspecified atom stereocenters. The fraction of sp³-hybridized carbons (Fsp3) is 0.481. The zero-order chi connectivity index (χ0) is 23.7. The molecule has 2 atom stereocenters. The Hall–Kier alpha value is -2.38. The number of fused-ring (bicyclic) bond motifs is 1. The number of benzene rings is 2. The van der Waals surface area contributed by atoms with Gasteiger partial charge < -0.3 is 20.0 Å². The van der Waals surface area contributed by atoms with E-state index in [4.69, 9.17) is 0 Å². The van der Waals surface area contributed by atoms with Crippen LogP contribution in [0, 0.1) is 0 Å². The van der Waals surface area contributed by atoms with E-state index in [0.717, 1.165) is 74.0 Å². The number of hydrogen-bond acceptors (Lipinski definition) is 3. The van der Waals surface area contributed by atoms with Crippen molar-refractivity contribution in [3.63, 3.8) is 0 Å². The summed E-state index contributed by atoms with van der Waals surface area (Å²) in [6.07, 6.45) is 4.07. The molecule has 180 valence electrons. The number of carbonyl (C=O) groups is 2. The van der Waals surface area contributed by atoms with Crippen LogP contribution in [0.4, 0.5) is 4.79 Å². The summed E-state index contributed by atoms with van der Waals surface area (Å²) in [5, 5.41) is 2.99. The highest BCUT2D eigenvalue weighted by Crippen LogP contribution is 2.44. The lowest BCUT2D eigenvalue weighted by atomic mass is 9.84. The van der Waals surface area contributed by atoms with Gasteiger partial charge in [0, 0.05) is 55.2 Å². The van der Waals surface area contributed by atoms with E-state index in [1.807, 2.05) is 35.0 Å². The van der Waals surface area contributed by atoms with Gasteiger partial charge in [0.05, 0.1) is 6.04 Å². The maximum Gasteiger partial charge on any atom is 0.317 e. The Balaban J connectivity index is 1.29. The van der Waals surface area contributed by atoms with Crippen molar-refractivity contribution in [2.24, 2.45) is 0 Å². The normalized spacial score (nSPS) is 22.6. The van der Waals surface area contributed by atoms with Gasteiger partial charge >= 0.3 is 6.03 Å². The SMILES string of the molecule is CN1C(=O)c2ccccc2[C@H]1[C@@H](CCN1CCC(N2CCCNC2=O)CC1)c1ccc(Br)cc1. The zero-order valence-corrected chi connectivity index (χ0v) is 21.3. The first kappa shape index (κ1) is 23.4. The predicted octanol–water partition coefficient (Wildman–Crippen LogP) is 4.63. The second kappa shape index (κ2) is 10.1. The van der Waals surface area contributed by atoms with Gasteiger partial charge in [-0.15, -0.1) is 0 Å². The number of likely N-dealkylation sites (N-methyl/N-ethyl adjacent to an activating group) is 1. The molecule has 0 bridgehead atoms. The molecule has 34 heavy (non-hydrogen) atoms. The highest BCUT2D eigenvalue weighted by Gasteiger charge is 2.39. The van der Waals surface area contributed by atoms with Crippen molar-refractivity contribution in [2.45, 2.75) is 43.7 Å². The van der Waals surface area contributed by atoms with Crippen LogP contribution < -0.4 is 5.32 Å². The molecule has 0 saturated carbocycles. The molecule has 0 aliphatic carbocycles. The number of nitrogens with one attached hydrogen (secondary N) is 1. The Morgan fingerprint density at radius 3 is 2.50 bits per heavy atom. The fourth-order valence-corrected chi connectivity index (χ4v) is 6.21. The first-order valence-corrected chi connectivity index (χ1v) is 13.2. The lowest BCUT2D eigenvalue weighted by Crippen LogP contribution is -2.54. The number of urea groups is 1. The number of rotatable bonds is 6. The summed E-state index contributed by atoms with van der Waals surface area (Å²) >= 11 is 3.56. The minimum Gasteiger partial charge on any atom is -0.338 e. The van der Waals surface area contributed by atoms with E-state index < -0.39 is 0 Å². The van der Waals surface area contributed by atoms with Gasteiger partial charge in [-0.2, -0.15) is 0 Å². The average Bonchev–Trinajstić information content (AvgIpc) is 3.11. The standard InChI is InChI=1S/C27H33BrN4O2/c1-30-25(23-5-2-3-6-24(23)26(30)33)22(19-7-9-20(28)10-8-19)13-18-31-16-11-21(12-17-31)32-15-4-14-29-27(32)34/h2-3,5-10,21-22,25H,4,11-18H2,1H3,(H,29,34)/t22-,25+/m0/s1. The molecule has 0 aromatic heterocycles. The molecule has 3 heterocycles. The highest BCUT2D eigenvalue weighted by atomic mass is 79.9. The number of carbonyl (C=O) groups excluding carboxylic acids is 2. The molecule has 6 nitrogen and oxygen atoms in total. The Kier molecular flexibility index (Phi) is 6.93. The Labute approximate surface area is 210 Å². The Morgan fingerprint density at radius 1 is 1.03 bits per heavy atom. The lowest BCUT2D eigenvalue weighted by molar-refractivity contribution is 0.0740. The minimum absolute atomic E-state index is 0.0412. The summed E-state index contributed by atoms with van der Waals surface area (Å²) in [6.45, 7) is 4.69. The van der Waals surface area contributed by atoms with Gasteiger partial charge in [0.15, 0.2) is 0 Å². The number of hydrogen-bond donors (Lipinski definition) is 1. The largest absolute Gasteiger partial charge is 0.338 e. The molecule has 3 amide bonds. The predicted molar refractivity (Wildman–Crippen MR) is 137 cm³/mol. The maximum atomic E-state index is 13.0. The van der Waals surface area contributed by atoms with Gasteiger partial charge in [-0.1, -0.05) is 46.3 Å². The van der Waals surface area contributed by atoms with Gasteiger partial charge in [-0.05, 0) is 61.6 Å². The molecular weight excluding hydrogens is 492 g/mol. The van der Waals surface area contributed by atoms with Crippen molar-refractivity contribution in [1.82, 2.24) is 20.0 Å². The summed E-state index contributed by atoms with van der Waals surface area (Å²) in [7, 11) is 1.94. The molecular formula is C27H33BrN4O2. The summed E-state index contributed by atoms with van der Waals surface area (Å²) in [6, 6.07) is 17.1. The van der Waals surface area contributed by atoms with E-state index >= 15 is 0 Å². The van der Waals surface area contributed by atoms with E-state index in [1.165, 1.54) is 5.56 Å². The average molecular weight is 525 g/mol. The molecule has 3 aliphatic heterocycles. The van der Waals surface area contributed by atoms with Crippen LogP contribution in [0.2, 0.25) is 0 Å². The molecule has 3 aliphatic rings. The van der Waals surface area contributed by atoms with E-state index in [0.29, 0.717) is 6.04 Å². The first-order chi connectivity index (χ1) is 16.5. The van der Waals surface area contributed by atoms with Crippen LogP contribution in [0.25, 0.3) is 0 Å². The van der Waals surface area contributed by atoms with Crippen molar-refractivity contribution >= 4 is 27.9 Å². The number of piperidine rings is 1. The third-order valence-electron chi connectivity index (χ3n) is 7.79. The number of likely N-dealkylation sites (tertiary alicyclic amines) is 1. The third-order valence-corrected chi connectivity index (χ3v) is 8.32. The van der Waals surface area contributed by atoms with Crippen LogP contribution in [0.15, 0.2) is 53.0 Å². The van der Waals surface area contributed by atoms with Crippen LogP contribution >= 0.6 is 15.9 Å². The van der Waals surface area contributed by atoms with Crippen LogP contribution in [0.1, 0.15) is 59.1 Å². The van der Waals surface area contributed by atoms with Crippen molar-refractivity contribution in [3.8, 4) is 0 Å². The highest BCUT2D eigenvalue weighted by molar-refractivity contribution is 9.10. The van der Waals surface area contributed by atoms with Gasteiger partial charge in [0.2, 0.25) is 0 Å². The van der Waals surface area contributed by atoms with Gasteiger partial charge in [0.25, 0.3) is 5.91 Å². The Morgan fingerprint density at radius 2 is 1.76 bits per heavy atom. The third kappa shape index (κ3) is 4.60. The molecule has 2 aromatic carbocycles. The lowest BCUT2D eigenvalue weighted by Gasteiger charge is -2.40. The van der Waals surface area contributed by atoms with Crippen LogP contribution in [0.3, 0.4) is 0 Å². The van der Waals surface area contributed by atoms with Crippen LogP contribution in [-0.4, -0.2) is 72.5 Å². The van der Waals surface area contributed by atoms with E-state index in [1.54, 1.807) is 0 Å². The van der Waals surface area contributed by atoms with Gasteiger partial charge in [0.1, 0.15) is 0 Å². The number of nitrogens with zero attached hydrogens (tertiary/aromatic N) is 3. The summed E-state index contributed by atoms with van der Waals surface area (Å²) in [5.74, 6) is 0.333. The van der Waals surface area contributed by atoms with Crippen molar-refractivity contribution < 1.29 is 9.59 Å². The summed E-state index contributed by atoms with van der Waals surface area (Å²) in [5.41, 5.74) is 3.24. The second-order valence-electron chi connectivity index (χ2n) is 9.75. The van der Waals surface area contributed by atoms with Crippen molar-refractivity contribution in [3.05, 3.63) is 69.7 Å². The van der Waals surface area contributed by atoms with Crippen LogP contribution in [-0.2, 0) is 0 Å². The number of halogens is 1. The second-order valence-corrected chi connectivity index (χ2v) is 10.7. The molecule has 1 N–H and O–H groups in total. The van der Waals surface area contributed by atoms with Crippen molar-refractivity contribution in [1.29, 1.82) is 0 Å². The van der Waals surface area contributed by atoms with E-state index in [2.05, 4.69) is 56.5 Å². The molecule has 5 rings (SSSR count). The smallest absolute Gasteiger partial charge is 0.317 e. The summed E-state index contributed by atoms with van der Waals surface area (Å²) < 4.78 is 1.06. The van der Waals surface area contributed by atoms with E-state index in [-0.39, 0.29) is 23.9 Å². The Bertz CT molecular complexity index is 1040. The molecule has 0 spiro atoms. The van der Waals surface area contributed by atoms with E-state index in [9.17, 15) is 9.59 Å². The van der Waals surface area contributed by atoms with Crippen molar-refractivity contribution in [2.75, 3.05) is 39.8 Å². The summed E-state index contributed by atoms with van der Waals surface area (Å²) in [4.78, 5) is 31.7. The monoisotopic (exact) mass is 524 g/mol. The van der Waals surface area contributed by atoms with Gasteiger partial charge in [-0.25, -0.2) is 4.79 Å². The molecule has 2 aromatic rings. The quantitative estimate of drug-likeness (QED) is 0.599. The number of amides is 3.